The van der Waals surface area contributed by atoms with E-state index in [1.54, 1.807) is 0 Å². The zero-order valence-electron chi connectivity index (χ0n) is 13.5. The Morgan fingerprint density at radius 2 is 2.09 bits per heavy atom. The number of β-amino-alcohol motifs (C(OH)–C–C–N with tert-alkyl or cyclic N) is 1. The van der Waals surface area contributed by atoms with Crippen LogP contribution in [0.4, 0.5) is 5.13 Å². The summed E-state index contributed by atoms with van der Waals surface area (Å²) in [6.45, 7) is 6.22. The van der Waals surface area contributed by atoms with Crippen LogP contribution >= 0.6 is 23.7 Å². The first kappa shape index (κ1) is 19.8. The summed E-state index contributed by atoms with van der Waals surface area (Å²) in [5, 5.41) is 15.5. The number of nitrogens with zero attached hydrogens (tertiary/aromatic N) is 1. The average molecular weight is 364 g/mol. The number of carbonyl (C=O) groups is 2. The number of thiazole rings is 1. The second kappa shape index (κ2) is 7.57. The molecule has 0 spiro atoms. The highest BCUT2D eigenvalue weighted by Gasteiger charge is 2.31. The molecule has 1 saturated heterocycles. The van der Waals surface area contributed by atoms with E-state index in [0.717, 1.165) is 11.3 Å². The lowest BCUT2D eigenvalue weighted by atomic mass is 9.91. The fraction of sp³-hybridized carbons (Fsp3) is 0.643. The molecule has 23 heavy (non-hydrogen) atoms. The first-order valence-corrected chi connectivity index (χ1v) is 7.86. The van der Waals surface area contributed by atoms with E-state index in [-0.39, 0.29) is 23.7 Å². The van der Waals surface area contributed by atoms with Crippen molar-refractivity contribution in [3.8, 4) is 0 Å². The van der Waals surface area contributed by atoms with Gasteiger partial charge in [0.05, 0.1) is 24.9 Å². The molecule has 3 N–H and O–H groups in total. The summed E-state index contributed by atoms with van der Waals surface area (Å²) in [4.78, 5) is 28.8. The van der Waals surface area contributed by atoms with E-state index in [9.17, 15) is 14.7 Å². The minimum Gasteiger partial charge on any atom is -0.465 e. The second-order valence-corrected chi connectivity index (χ2v) is 7.28. The highest BCUT2D eigenvalue weighted by Crippen LogP contribution is 2.32. The Balaban J connectivity index is 0.00000264. The number of amides is 1. The molecule has 130 valence electrons. The molecule has 1 aliphatic rings. The molecule has 0 saturated carbocycles. The number of aliphatic hydroxyl groups is 1. The van der Waals surface area contributed by atoms with E-state index in [1.807, 2.05) is 20.8 Å². The van der Waals surface area contributed by atoms with Crippen molar-refractivity contribution in [1.82, 2.24) is 10.3 Å². The van der Waals surface area contributed by atoms with E-state index in [2.05, 4.69) is 15.6 Å². The predicted molar refractivity (Wildman–Crippen MR) is 90.4 cm³/mol. The van der Waals surface area contributed by atoms with Crippen LogP contribution in [0.15, 0.2) is 0 Å². The summed E-state index contributed by atoms with van der Waals surface area (Å²) in [5.41, 5.74) is 0.254. The smallest absolute Gasteiger partial charge is 0.350 e. The minimum atomic E-state index is -0.511. The second-order valence-electron chi connectivity index (χ2n) is 6.28. The van der Waals surface area contributed by atoms with Crippen molar-refractivity contribution >= 4 is 40.8 Å². The minimum absolute atomic E-state index is 0. The van der Waals surface area contributed by atoms with E-state index < -0.39 is 18.1 Å². The number of ether oxygens (including phenoxy) is 1. The summed E-state index contributed by atoms with van der Waals surface area (Å²) in [7, 11) is 1.32. The molecule has 2 atom stereocenters. The van der Waals surface area contributed by atoms with Gasteiger partial charge in [-0.1, -0.05) is 32.1 Å². The number of hydrogen-bond donors (Lipinski definition) is 3. The Morgan fingerprint density at radius 1 is 1.43 bits per heavy atom. The summed E-state index contributed by atoms with van der Waals surface area (Å²) in [6.07, 6.45) is -0.143. The molecule has 0 aromatic carbocycles. The van der Waals surface area contributed by atoms with Gasteiger partial charge < -0.3 is 20.5 Å². The van der Waals surface area contributed by atoms with E-state index >= 15 is 0 Å². The van der Waals surface area contributed by atoms with Crippen molar-refractivity contribution in [2.24, 2.45) is 0 Å². The van der Waals surface area contributed by atoms with Crippen LogP contribution in [0, 0.1) is 0 Å². The third-order valence-electron chi connectivity index (χ3n) is 3.36. The first-order valence-electron chi connectivity index (χ1n) is 7.04. The Hall–Kier alpha value is -1.22. The molecule has 1 aromatic rings. The van der Waals surface area contributed by atoms with Crippen LogP contribution in [0.5, 0.6) is 0 Å². The van der Waals surface area contributed by atoms with E-state index in [4.69, 9.17) is 4.74 Å². The summed E-state index contributed by atoms with van der Waals surface area (Å²) < 4.78 is 4.78. The molecule has 7 nitrogen and oxygen atoms in total. The number of aromatic nitrogens is 1. The van der Waals surface area contributed by atoms with Crippen LogP contribution in [-0.2, 0) is 14.9 Å². The maximum Gasteiger partial charge on any atom is 0.350 e. The third-order valence-corrected chi connectivity index (χ3v) is 4.31. The van der Waals surface area contributed by atoms with Crippen molar-refractivity contribution in [2.45, 2.75) is 44.8 Å². The molecule has 2 heterocycles. The number of anilines is 1. The molecule has 9 heteroatoms. The van der Waals surface area contributed by atoms with Crippen molar-refractivity contribution < 1.29 is 19.4 Å². The van der Waals surface area contributed by atoms with Gasteiger partial charge in [-0.05, 0) is 6.42 Å². The number of nitrogens with one attached hydrogen (secondary N) is 2. The molecular weight excluding hydrogens is 342 g/mol. The first-order chi connectivity index (χ1) is 10.2. The summed E-state index contributed by atoms with van der Waals surface area (Å²) in [6, 6.07) is -0.446. The van der Waals surface area contributed by atoms with Gasteiger partial charge in [0.25, 0.3) is 0 Å². The number of hydrogen-bond acceptors (Lipinski definition) is 7. The zero-order chi connectivity index (χ0) is 16.5. The molecule has 0 bridgehead atoms. The Morgan fingerprint density at radius 3 is 2.57 bits per heavy atom. The Kier molecular flexibility index (Phi) is 6.52. The quantitative estimate of drug-likeness (QED) is 0.700. The maximum absolute atomic E-state index is 12.1. The predicted octanol–water partition coefficient (Wildman–Crippen LogP) is 1.31. The lowest BCUT2D eigenvalue weighted by Crippen LogP contribution is -2.35. The molecule has 2 rings (SSSR count). The van der Waals surface area contributed by atoms with Gasteiger partial charge in [0.1, 0.15) is 4.88 Å². The van der Waals surface area contributed by atoms with Gasteiger partial charge in [-0.15, -0.1) is 12.4 Å². The third kappa shape index (κ3) is 4.63. The van der Waals surface area contributed by atoms with E-state index in [1.165, 1.54) is 7.11 Å². The number of methoxy groups -OCH3 is 1. The van der Waals surface area contributed by atoms with Gasteiger partial charge in [0, 0.05) is 12.0 Å². The van der Waals surface area contributed by atoms with Crippen molar-refractivity contribution in [3.63, 3.8) is 0 Å². The molecule has 2 unspecified atom stereocenters. The van der Waals surface area contributed by atoms with Crippen molar-refractivity contribution in [1.29, 1.82) is 0 Å². The fourth-order valence-electron chi connectivity index (χ4n) is 2.22. The lowest BCUT2D eigenvalue weighted by Gasteiger charge is -2.16. The highest BCUT2D eigenvalue weighted by atomic mass is 35.5. The fourth-order valence-corrected chi connectivity index (χ4v) is 3.32. The SMILES string of the molecule is COC(=O)c1sc(NC(=O)C2CC(O)CN2)nc1C(C)(C)C.Cl. The van der Waals surface area contributed by atoms with Gasteiger partial charge in [0.2, 0.25) is 5.91 Å². The molecular formula is C14H22ClN3O4S. The largest absolute Gasteiger partial charge is 0.465 e. The van der Waals surface area contributed by atoms with Crippen LogP contribution in [0.3, 0.4) is 0 Å². The standard InChI is InChI=1S/C14H21N3O4S.ClH/c1-14(2,3)10-9(12(20)21-4)22-13(16-10)17-11(19)8-5-7(18)6-15-8;/h7-8,15,18H,5-6H2,1-4H3,(H,16,17,19);1H. The molecule has 1 fully saturated rings. The lowest BCUT2D eigenvalue weighted by molar-refractivity contribution is -0.117. The van der Waals surface area contributed by atoms with Gasteiger partial charge in [-0.2, -0.15) is 0 Å². The molecule has 1 aromatic heterocycles. The van der Waals surface area contributed by atoms with E-state index in [0.29, 0.717) is 28.7 Å². The van der Waals surface area contributed by atoms with Crippen LogP contribution < -0.4 is 10.6 Å². The molecule has 1 aliphatic heterocycles. The number of aliphatic hydroxyl groups excluding tert-OH is 1. The van der Waals surface area contributed by atoms with Crippen molar-refractivity contribution in [3.05, 3.63) is 10.6 Å². The summed E-state index contributed by atoms with van der Waals surface area (Å²) >= 11 is 1.10. The average Bonchev–Trinajstić information content (AvgIpc) is 3.03. The van der Waals surface area contributed by atoms with Gasteiger partial charge in [-0.25, -0.2) is 9.78 Å². The van der Waals surface area contributed by atoms with Crippen molar-refractivity contribution in [2.75, 3.05) is 19.0 Å². The Labute approximate surface area is 145 Å². The van der Waals surface area contributed by atoms with Gasteiger partial charge in [0.15, 0.2) is 5.13 Å². The highest BCUT2D eigenvalue weighted by molar-refractivity contribution is 7.17. The number of esters is 1. The zero-order valence-corrected chi connectivity index (χ0v) is 15.1. The topological polar surface area (TPSA) is 101 Å². The van der Waals surface area contributed by atoms with Crippen LogP contribution in [0.25, 0.3) is 0 Å². The van der Waals surface area contributed by atoms with Gasteiger partial charge >= 0.3 is 5.97 Å². The van der Waals surface area contributed by atoms with Crippen LogP contribution in [0.2, 0.25) is 0 Å². The monoisotopic (exact) mass is 363 g/mol. The summed E-state index contributed by atoms with van der Waals surface area (Å²) in [5.74, 6) is -0.723. The number of carbonyl (C=O) groups excluding carboxylic acids is 2. The number of halogens is 1. The Bertz CT molecular complexity index is 585. The normalized spacial score (nSPS) is 20.7. The van der Waals surface area contributed by atoms with Gasteiger partial charge in [-0.3, -0.25) is 4.79 Å². The van der Waals surface area contributed by atoms with Crippen LogP contribution in [0.1, 0.15) is 42.6 Å². The molecule has 0 aliphatic carbocycles. The maximum atomic E-state index is 12.1. The molecule has 1 amide bonds. The molecule has 0 radical (unpaired) electrons. The van der Waals surface area contributed by atoms with Crippen LogP contribution in [-0.4, -0.2) is 47.8 Å². The number of rotatable bonds is 3.